The van der Waals surface area contributed by atoms with Gasteiger partial charge < -0.3 is 16.0 Å². The van der Waals surface area contributed by atoms with Gasteiger partial charge >= 0.3 is 0 Å². The van der Waals surface area contributed by atoms with E-state index in [1.54, 1.807) is 42.6 Å². The first-order valence-corrected chi connectivity index (χ1v) is 8.45. The maximum absolute atomic E-state index is 11.1. The SMILES string of the molecule is CC(=O)Nc1ccc(Nc2ccnc(Nc3cccc(Cl)c3Cl)n2)cc1. The maximum Gasteiger partial charge on any atom is 0.229 e. The Kier molecular flexibility index (Phi) is 5.55. The van der Waals surface area contributed by atoms with Crippen LogP contribution < -0.4 is 16.0 Å². The molecule has 2 aromatic carbocycles. The van der Waals surface area contributed by atoms with E-state index >= 15 is 0 Å². The van der Waals surface area contributed by atoms with Crippen LogP contribution in [-0.4, -0.2) is 15.9 Å². The Morgan fingerprint density at radius 1 is 0.962 bits per heavy atom. The highest BCUT2D eigenvalue weighted by Crippen LogP contribution is 2.31. The van der Waals surface area contributed by atoms with E-state index < -0.39 is 0 Å². The van der Waals surface area contributed by atoms with Crippen LogP contribution in [0.2, 0.25) is 10.0 Å². The van der Waals surface area contributed by atoms with E-state index in [-0.39, 0.29) is 5.91 Å². The lowest BCUT2D eigenvalue weighted by Crippen LogP contribution is -2.05. The summed E-state index contributed by atoms with van der Waals surface area (Å²) in [7, 11) is 0. The smallest absolute Gasteiger partial charge is 0.229 e. The van der Waals surface area contributed by atoms with Crippen molar-refractivity contribution in [3.8, 4) is 0 Å². The second-order valence-electron chi connectivity index (χ2n) is 5.38. The zero-order valence-corrected chi connectivity index (χ0v) is 15.3. The highest BCUT2D eigenvalue weighted by atomic mass is 35.5. The molecule has 0 atom stereocenters. The molecule has 3 N–H and O–H groups in total. The molecular weight excluding hydrogens is 373 g/mol. The minimum Gasteiger partial charge on any atom is -0.340 e. The number of rotatable bonds is 5. The first kappa shape index (κ1) is 18.0. The summed E-state index contributed by atoms with van der Waals surface area (Å²) >= 11 is 12.2. The predicted octanol–water partition coefficient (Wildman–Crippen LogP) is 5.23. The average Bonchev–Trinajstić information content (AvgIpc) is 2.61. The summed E-state index contributed by atoms with van der Waals surface area (Å²) in [6.07, 6.45) is 1.63. The minimum atomic E-state index is -0.114. The van der Waals surface area contributed by atoms with Gasteiger partial charge in [-0.1, -0.05) is 29.3 Å². The van der Waals surface area contributed by atoms with Gasteiger partial charge in [0.05, 0.1) is 15.7 Å². The van der Waals surface area contributed by atoms with Gasteiger partial charge in [0.25, 0.3) is 0 Å². The van der Waals surface area contributed by atoms with Crippen LogP contribution in [0.15, 0.2) is 54.7 Å². The monoisotopic (exact) mass is 387 g/mol. The van der Waals surface area contributed by atoms with Crippen molar-refractivity contribution in [1.82, 2.24) is 9.97 Å². The van der Waals surface area contributed by atoms with Gasteiger partial charge in [0, 0.05) is 24.5 Å². The van der Waals surface area contributed by atoms with Gasteiger partial charge in [-0.05, 0) is 42.5 Å². The number of anilines is 5. The van der Waals surface area contributed by atoms with Gasteiger partial charge in [-0.2, -0.15) is 4.98 Å². The number of carbonyl (C=O) groups excluding carboxylic acids is 1. The number of carbonyl (C=O) groups is 1. The average molecular weight is 388 g/mol. The maximum atomic E-state index is 11.1. The fourth-order valence-corrected chi connectivity index (χ4v) is 2.55. The van der Waals surface area contributed by atoms with Crippen molar-refractivity contribution in [2.75, 3.05) is 16.0 Å². The summed E-state index contributed by atoms with van der Waals surface area (Å²) in [6, 6.07) is 14.3. The van der Waals surface area contributed by atoms with Crippen LogP contribution in [-0.2, 0) is 4.79 Å². The highest BCUT2D eigenvalue weighted by Gasteiger charge is 2.07. The fraction of sp³-hybridized carbons (Fsp3) is 0.0556. The van der Waals surface area contributed by atoms with E-state index in [1.807, 2.05) is 12.1 Å². The summed E-state index contributed by atoms with van der Waals surface area (Å²) in [5.74, 6) is 0.874. The Labute approximate surface area is 160 Å². The molecule has 0 spiro atoms. The Balaban J connectivity index is 1.73. The van der Waals surface area contributed by atoms with Gasteiger partial charge in [-0.15, -0.1) is 0 Å². The van der Waals surface area contributed by atoms with Crippen LogP contribution in [0, 0.1) is 0 Å². The highest BCUT2D eigenvalue weighted by molar-refractivity contribution is 6.43. The number of aromatic nitrogens is 2. The standard InChI is InChI=1S/C18H15Cl2N5O/c1-11(26)22-12-5-7-13(8-6-12)23-16-9-10-21-18(25-16)24-15-4-2-3-14(19)17(15)20/h2-10H,1H3,(H,22,26)(H2,21,23,24,25). The molecule has 0 aliphatic heterocycles. The number of nitrogens with zero attached hydrogens (tertiary/aromatic N) is 2. The summed E-state index contributed by atoms with van der Waals surface area (Å²) < 4.78 is 0. The third kappa shape index (κ3) is 4.62. The third-order valence-electron chi connectivity index (χ3n) is 3.33. The fourth-order valence-electron chi connectivity index (χ4n) is 2.20. The van der Waals surface area contributed by atoms with Crippen molar-refractivity contribution in [3.05, 3.63) is 64.8 Å². The van der Waals surface area contributed by atoms with E-state index in [0.717, 1.165) is 11.4 Å². The summed E-state index contributed by atoms with van der Waals surface area (Å²) in [5.41, 5.74) is 2.17. The molecule has 1 amide bonds. The van der Waals surface area contributed by atoms with Gasteiger partial charge in [-0.25, -0.2) is 4.98 Å². The zero-order chi connectivity index (χ0) is 18.5. The molecule has 0 bridgehead atoms. The lowest BCUT2D eigenvalue weighted by atomic mass is 10.2. The lowest BCUT2D eigenvalue weighted by Gasteiger charge is -2.10. The minimum absolute atomic E-state index is 0.114. The van der Waals surface area contributed by atoms with Crippen molar-refractivity contribution in [2.24, 2.45) is 0 Å². The largest absolute Gasteiger partial charge is 0.340 e. The first-order chi connectivity index (χ1) is 12.5. The Morgan fingerprint density at radius 2 is 1.69 bits per heavy atom. The molecule has 0 saturated heterocycles. The number of benzene rings is 2. The molecule has 0 radical (unpaired) electrons. The number of halogens is 2. The van der Waals surface area contributed by atoms with Crippen LogP contribution in [0.3, 0.4) is 0 Å². The molecule has 1 heterocycles. The van der Waals surface area contributed by atoms with E-state index in [4.69, 9.17) is 23.2 Å². The molecule has 0 saturated carbocycles. The molecule has 6 nitrogen and oxygen atoms in total. The Bertz CT molecular complexity index is 931. The summed E-state index contributed by atoms with van der Waals surface area (Å²) in [4.78, 5) is 19.6. The molecule has 0 aliphatic carbocycles. The van der Waals surface area contributed by atoms with Crippen LogP contribution in [0.5, 0.6) is 0 Å². The molecular formula is C18H15Cl2N5O. The van der Waals surface area contributed by atoms with E-state index in [0.29, 0.717) is 27.5 Å². The number of hydrogen-bond acceptors (Lipinski definition) is 5. The van der Waals surface area contributed by atoms with Crippen molar-refractivity contribution >= 4 is 57.9 Å². The lowest BCUT2D eigenvalue weighted by molar-refractivity contribution is -0.114. The molecule has 0 fully saturated rings. The van der Waals surface area contributed by atoms with Crippen molar-refractivity contribution in [3.63, 3.8) is 0 Å². The molecule has 8 heteroatoms. The van der Waals surface area contributed by atoms with Crippen LogP contribution in [0.1, 0.15) is 6.92 Å². The summed E-state index contributed by atoms with van der Waals surface area (Å²) in [5, 5.41) is 9.79. The molecule has 0 unspecified atom stereocenters. The zero-order valence-electron chi connectivity index (χ0n) is 13.8. The van der Waals surface area contributed by atoms with E-state index in [9.17, 15) is 4.79 Å². The van der Waals surface area contributed by atoms with Crippen LogP contribution in [0.25, 0.3) is 0 Å². The van der Waals surface area contributed by atoms with E-state index in [1.165, 1.54) is 6.92 Å². The first-order valence-electron chi connectivity index (χ1n) is 7.70. The molecule has 132 valence electrons. The predicted molar refractivity (Wildman–Crippen MR) is 106 cm³/mol. The number of amides is 1. The molecule has 3 aromatic rings. The van der Waals surface area contributed by atoms with Gasteiger partial charge in [-0.3, -0.25) is 4.79 Å². The van der Waals surface area contributed by atoms with Crippen LogP contribution >= 0.6 is 23.2 Å². The van der Waals surface area contributed by atoms with Gasteiger partial charge in [0.15, 0.2) is 0 Å². The Morgan fingerprint density at radius 3 is 2.42 bits per heavy atom. The molecule has 26 heavy (non-hydrogen) atoms. The van der Waals surface area contributed by atoms with Crippen molar-refractivity contribution < 1.29 is 4.79 Å². The normalized spacial score (nSPS) is 10.3. The third-order valence-corrected chi connectivity index (χ3v) is 4.15. The van der Waals surface area contributed by atoms with Crippen LogP contribution in [0.4, 0.5) is 28.8 Å². The van der Waals surface area contributed by atoms with Crippen molar-refractivity contribution in [2.45, 2.75) is 6.92 Å². The number of nitrogens with one attached hydrogen (secondary N) is 3. The molecule has 1 aromatic heterocycles. The summed E-state index contributed by atoms with van der Waals surface area (Å²) in [6.45, 7) is 1.47. The second kappa shape index (κ2) is 8.03. The second-order valence-corrected chi connectivity index (χ2v) is 6.16. The number of hydrogen-bond donors (Lipinski definition) is 3. The van der Waals surface area contributed by atoms with Gasteiger partial charge in [0.2, 0.25) is 11.9 Å². The quantitative estimate of drug-likeness (QED) is 0.558. The molecule has 3 rings (SSSR count). The molecule has 0 aliphatic rings. The van der Waals surface area contributed by atoms with Crippen molar-refractivity contribution in [1.29, 1.82) is 0 Å². The van der Waals surface area contributed by atoms with E-state index in [2.05, 4.69) is 25.9 Å². The topological polar surface area (TPSA) is 78.9 Å². The van der Waals surface area contributed by atoms with Gasteiger partial charge in [0.1, 0.15) is 5.82 Å². The Hall–Kier alpha value is -2.83.